The van der Waals surface area contributed by atoms with E-state index < -0.39 is 15.9 Å². The lowest BCUT2D eigenvalue weighted by atomic mass is 10.2. The summed E-state index contributed by atoms with van der Waals surface area (Å²) in [4.78, 5) is 33.4. The molecular weight excluding hydrogens is 408 g/mol. The van der Waals surface area contributed by atoms with Crippen molar-refractivity contribution in [2.45, 2.75) is 11.4 Å². The number of benzene rings is 2. The average molecular weight is 430 g/mol. The van der Waals surface area contributed by atoms with Crippen molar-refractivity contribution in [3.8, 4) is 5.75 Å². The van der Waals surface area contributed by atoms with Crippen molar-refractivity contribution in [1.82, 2.24) is 19.2 Å². The van der Waals surface area contributed by atoms with Gasteiger partial charge in [-0.1, -0.05) is 12.1 Å². The first-order chi connectivity index (χ1) is 14.1. The van der Waals surface area contributed by atoms with Crippen molar-refractivity contribution in [3.63, 3.8) is 0 Å². The molecule has 0 radical (unpaired) electrons. The number of methoxy groups -OCH3 is 1. The number of hydrogen-bond acceptors (Lipinski definition) is 6. The second-order valence-corrected chi connectivity index (χ2v) is 8.96. The predicted molar refractivity (Wildman–Crippen MR) is 112 cm³/mol. The molecule has 10 heteroatoms. The van der Waals surface area contributed by atoms with Gasteiger partial charge in [0.25, 0.3) is 11.5 Å². The highest BCUT2D eigenvalue weighted by atomic mass is 32.2. The van der Waals surface area contributed by atoms with Gasteiger partial charge in [0.05, 0.1) is 24.6 Å². The summed E-state index contributed by atoms with van der Waals surface area (Å²) in [7, 11) is 1.89. The van der Waals surface area contributed by atoms with E-state index in [1.807, 2.05) is 0 Å². The molecule has 30 heavy (non-hydrogen) atoms. The van der Waals surface area contributed by atoms with Crippen molar-refractivity contribution < 1.29 is 17.9 Å². The minimum atomic E-state index is -3.81. The first-order valence-corrected chi connectivity index (χ1v) is 10.4. The van der Waals surface area contributed by atoms with Gasteiger partial charge in [-0.05, 0) is 30.3 Å². The van der Waals surface area contributed by atoms with Crippen LogP contribution in [0.2, 0.25) is 0 Å². The topological polar surface area (TPSA) is 113 Å². The quantitative estimate of drug-likeness (QED) is 0.633. The molecule has 0 spiro atoms. The van der Waals surface area contributed by atoms with Crippen LogP contribution in [-0.2, 0) is 16.6 Å². The summed E-state index contributed by atoms with van der Waals surface area (Å²) >= 11 is 0. The molecule has 1 aromatic heterocycles. The molecule has 158 valence electrons. The Hall–Kier alpha value is -3.24. The number of ether oxygens (including phenoxy) is 1. The summed E-state index contributed by atoms with van der Waals surface area (Å²) < 4.78 is 31.4. The summed E-state index contributed by atoms with van der Waals surface area (Å²) in [5.41, 5.74) is 0.406. The van der Waals surface area contributed by atoms with E-state index in [-0.39, 0.29) is 28.3 Å². The molecule has 3 rings (SSSR count). The fourth-order valence-corrected chi connectivity index (χ4v) is 4.01. The van der Waals surface area contributed by atoms with Crippen LogP contribution in [-0.4, -0.2) is 61.8 Å². The number of nitrogens with zero attached hydrogens (tertiary/aromatic N) is 3. The van der Waals surface area contributed by atoms with E-state index in [2.05, 4.69) is 9.97 Å². The van der Waals surface area contributed by atoms with Gasteiger partial charge in [-0.25, -0.2) is 17.7 Å². The molecule has 0 fully saturated rings. The highest BCUT2D eigenvalue weighted by molar-refractivity contribution is 7.89. The maximum absolute atomic E-state index is 12.9. The van der Waals surface area contributed by atoms with Crippen molar-refractivity contribution in [2.24, 2.45) is 0 Å². The van der Waals surface area contributed by atoms with Gasteiger partial charge in [-0.3, -0.25) is 9.59 Å². The highest BCUT2D eigenvalue weighted by Gasteiger charge is 2.25. The van der Waals surface area contributed by atoms with E-state index >= 15 is 0 Å². The number of para-hydroxylation sites is 1. The number of carbonyl (C=O) groups excluding carboxylic acids is 1. The lowest BCUT2D eigenvalue weighted by Crippen LogP contribution is -2.29. The number of carbonyl (C=O) groups is 1. The number of amides is 1. The monoisotopic (exact) mass is 430 g/mol. The zero-order chi connectivity index (χ0) is 22.1. The van der Waals surface area contributed by atoms with Crippen LogP contribution in [0.15, 0.2) is 52.2 Å². The maximum Gasteiger partial charge on any atom is 0.258 e. The van der Waals surface area contributed by atoms with Crippen LogP contribution >= 0.6 is 0 Å². The molecule has 2 aromatic carbocycles. The zero-order valence-electron chi connectivity index (χ0n) is 17.0. The lowest BCUT2D eigenvalue weighted by Gasteiger charge is -2.19. The third-order valence-electron chi connectivity index (χ3n) is 4.56. The van der Waals surface area contributed by atoms with Gasteiger partial charge < -0.3 is 14.6 Å². The third kappa shape index (κ3) is 4.05. The Bertz CT molecular complexity index is 1270. The molecule has 0 saturated carbocycles. The molecule has 1 N–H and O–H groups in total. The van der Waals surface area contributed by atoms with Crippen LogP contribution in [0.25, 0.3) is 10.9 Å². The average Bonchev–Trinajstić information content (AvgIpc) is 2.72. The number of H-pyrrole nitrogens is 1. The molecule has 0 bridgehead atoms. The second-order valence-electron chi connectivity index (χ2n) is 6.84. The standard InChI is InChI=1S/C20H22N4O5S/c1-23(2)30(27,28)17-11-13(9-10-16(17)29-4)20(26)24(3)12-18-21-15-8-6-5-7-14(15)19(25)22-18/h5-11H,12H2,1-4H3,(H,21,22,25). The molecule has 0 aliphatic heterocycles. The Morgan fingerprint density at radius 1 is 1.13 bits per heavy atom. The third-order valence-corrected chi connectivity index (χ3v) is 6.40. The highest BCUT2D eigenvalue weighted by Crippen LogP contribution is 2.27. The number of aromatic nitrogens is 2. The molecule has 0 atom stereocenters. The van der Waals surface area contributed by atoms with E-state index in [1.54, 1.807) is 31.3 Å². The summed E-state index contributed by atoms with van der Waals surface area (Å²) in [5, 5.41) is 0.462. The zero-order valence-corrected chi connectivity index (χ0v) is 17.9. The molecule has 0 aliphatic rings. The van der Waals surface area contributed by atoms with Crippen molar-refractivity contribution in [1.29, 1.82) is 0 Å². The van der Waals surface area contributed by atoms with Gasteiger partial charge in [-0.2, -0.15) is 0 Å². The molecular formula is C20H22N4O5S. The molecule has 1 heterocycles. The van der Waals surface area contributed by atoms with Gasteiger partial charge in [0.2, 0.25) is 10.0 Å². The Morgan fingerprint density at radius 3 is 2.50 bits per heavy atom. The van der Waals surface area contributed by atoms with Crippen LogP contribution in [0.5, 0.6) is 5.75 Å². The fraction of sp³-hybridized carbons (Fsp3) is 0.250. The summed E-state index contributed by atoms with van der Waals surface area (Å²) in [6.07, 6.45) is 0. The van der Waals surface area contributed by atoms with E-state index in [0.717, 1.165) is 4.31 Å². The van der Waals surface area contributed by atoms with Crippen molar-refractivity contribution >= 4 is 26.8 Å². The smallest absolute Gasteiger partial charge is 0.258 e. The van der Waals surface area contributed by atoms with Gasteiger partial charge >= 0.3 is 0 Å². The number of nitrogens with one attached hydrogen (secondary N) is 1. The first-order valence-electron chi connectivity index (χ1n) is 8.99. The number of fused-ring (bicyclic) bond motifs is 1. The molecule has 0 aliphatic carbocycles. The minimum absolute atomic E-state index is 0.0424. The maximum atomic E-state index is 12.9. The van der Waals surface area contributed by atoms with Crippen LogP contribution in [0, 0.1) is 0 Å². The minimum Gasteiger partial charge on any atom is -0.495 e. The number of aromatic amines is 1. The van der Waals surface area contributed by atoms with Crippen LogP contribution < -0.4 is 10.3 Å². The molecule has 0 unspecified atom stereocenters. The van der Waals surface area contributed by atoms with Crippen LogP contribution in [0.1, 0.15) is 16.2 Å². The SMILES string of the molecule is COc1ccc(C(=O)N(C)Cc2nc3ccccc3c(=O)[nH]2)cc1S(=O)(=O)N(C)C. The van der Waals surface area contributed by atoms with Crippen LogP contribution in [0.3, 0.4) is 0 Å². The van der Waals surface area contributed by atoms with E-state index in [1.165, 1.54) is 44.3 Å². The number of hydrogen-bond donors (Lipinski definition) is 1. The van der Waals surface area contributed by atoms with Gasteiger partial charge in [-0.15, -0.1) is 0 Å². The van der Waals surface area contributed by atoms with Gasteiger partial charge in [0.1, 0.15) is 16.5 Å². The Morgan fingerprint density at radius 2 is 1.83 bits per heavy atom. The Labute approximate surface area is 174 Å². The summed E-state index contributed by atoms with van der Waals surface area (Å²) in [6, 6.07) is 11.1. The van der Waals surface area contributed by atoms with Gasteiger partial charge in [0, 0.05) is 26.7 Å². The molecule has 9 nitrogen and oxygen atoms in total. The fourth-order valence-electron chi connectivity index (χ4n) is 2.93. The van der Waals surface area contributed by atoms with E-state index in [0.29, 0.717) is 16.7 Å². The Balaban J connectivity index is 1.92. The largest absolute Gasteiger partial charge is 0.495 e. The molecule has 0 saturated heterocycles. The molecule has 1 amide bonds. The molecule has 3 aromatic rings. The number of sulfonamides is 1. The van der Waals surface area contributed by atoms with Crippen LogP contribution in [0.4, 0.5) is 0 Å². The van der Waals surface area contributed by atoms with E-state index in [4.69, 9.17) is 4.74 Å². The van der Waals surface area contributed by atoms with Crippen molar-refractivity contribution in [2.75, 3.05) is 28.3 Å². The van der Waals surface area contributed by atoms with E-state index in [9.17, 15) is 18.0 Å². The normalized spacial score (nSPS) is 11.6. The Kier molecular flexibility index (Phi) is 5.90. The number of rotatable bonds is 6. The first kappa shape index (κ1) is 21.5. The predicted octanol–water partition coefficient (Wildman–Crippen LogP) is 1.45. The lowest BCUT2D eigenvalue weighted by molar-refractivity contribution is 0.0781. The second kappa shape index (κ2) is 8.25. The summed E-state index contributed by atoms with van der Waals surface area (Å²) in [6.45, 7) is 0.0424. The van der Waals surface area contributed by atoms with Gasteiger partial charge in [0.15, 0.2) is 0 Å². The summed E-state index contributed by atoms with van der Waals surface area (Å²) in [5.74, 6) is 0.0382. The van der Waals surface area contributed by atoms with Crippen molar-refractivity contribution in [3.05, 3.63) is 64.2 Å².